The fourth-order valence-electron chi connectivity index (χ4n) is 3.37. The van der Waals surface area contributed by atoms with Gasteiger partial charge in [0.1, 0.15) is 18.1 Å². The van der Waals surface area contributed by atoms with E-state index in [-0.39, 0.29) is 0 Å². The van der Waals surface area contributed by atoms with Gasteiger partial charge in [-0.1, -0.05) is 72.3 Å². The number of ether oxygens (including phenoxy) is 2. The van der Waals surface area contributed by atoms with Gasteiger partial charge in [0, 0.05) is 16.1 Å². The Hall–Kier alpha value is -3.50. The van der Waals surface area contributed by atoms with Gasteiger partial charge in [0.05, 0.1) is 19.9 Å². The van der Waals surface area contributed by atoms with Crippen LogP contribution in [0.5, 0.6) is 11.5 Å². The van der Waals surface area contributed by atoms with Crippen LogP contribution in [-0.2, 0) is 13.2 Å². The van der Waals surface area contributed by atoms with Crippen molar-refractivity contribution in [1.82, 2.24) is 5.43 Å². The molecule has 0 fully saturated rings. The Balaban J connectivity index is 1.54. The molecule has 1 N–H and O–H groups in total. The maximum Gasteiger partial charge on any atom is 0.129 e. The molecule has 4 aromatic carbocycles. The normalized spacial score (nSPS) is 11.0. The number of para-hydroxylation sites is 1. The molecule has 0 saturated heterocycles. The first-order valence-electron chi connectivity index (χ1n) is 10.0. The number of nitrogens with one attached hydrogen (secondary N) is 1. The highest BCUT2D eigenvalue weighted by Crippen LogP contribution is 2.27. The minimum absolute atomic E-state index is 0.449. The maximum atomic E-state index is 6.14. The highest BCUT2D eigenvalue weighted by Gasteiger charge is 2.08. The van der Waals surface area contributed by atoms with E-state index in [0.717, 1.165) is 39.0 Å². The molecule has 0 aliphatic carbocycles. The van der Waals surface area contributed by atoms with Gasteiger partial charge in [-0.05, 0) is 40.6 Å². The zero-order chi connectivity index (χ0) is 21.5. The number of nitrogens with zero attached hydrogens (tertiary/aromatic N) is 1. The molecule has 0 radical (unpaired) electrons. The van der Waals surface area contributed by atoms with E-state index in [9.17, 15) is 0 Å². The zero-order valence-electron chi connectivity index (χ0n) is 17.2. The Morgan fingerprint density at radius 2 is 1.65 bits per heavy atom. The van der Waals surface area contributed by atoms with Gasteiger partial charge in [-0.3, -0.25) is 0 Å². The van der Waals surface area contributed by atoms with E-state index in [4.69, 9.17) is 21.1 Å². The highest BCUT2D eigenvalue weighted by molar-refractivity contribution is 6.30. The fraction of sp³-hybridized carbons (Fsp3) is 0.115. The minimum Gasteiger partial charge on any atom is -0.496 e. The summed E-state index contributed by atoms with van der Waals surface area (Å²) in [5.41, 5.74) is 6.14. The van der Waals surface area contributed by atoms with E-state index in [0.29, 0.717) is 18.2 Å². The zero-order valence-corrected chi connectivity index (χ0v) is 18.0. The van der Waals surface area contributed by atoms with Crippen LogP contribution in [-0.4, -0.2) is 13.3 Å². The van der Waals surface area contributed by atoms with E-state index >= 15 is 0 Å². The topological polar surface area (TPSA) is 42.8 Å². The molecular weight excluding hydrogens is 408 g/mol. The molecule has 31 heavy (non-hydrogen) atoms. The van der Waals surface area contributed by atoms with Crippen LogP contribution in [0.2, 0.25) is 5.02 Å². The van der Waals surface area contributed by atoms with Crippen LogP contribution in [0.4, 0.5) is 0 Å². The van der Waals surface area contributed by atoms with Crippen molar-refractivity contribution in [3.8, 4) is 11.5 Å². The van der Waals surface area contributed by atoms with Crippen molar-refractivity contribution in [3.05, 3.63) is 107 Å². The average molecular weight is 431 g/mol. The van der Waals surface area contributed by atoms with Crippen molar-refractivity contribution in [1.29, 1.82) is 0 Å². The predicted molar refractivity (Wildman–Crippen MR) is 127 cm³/mol. The van der Waals surface area contributed by atoms with Crippen LogP contribution < -0.4 is 14.9 Å². The number of fused-ring (bicyclic) bond motifs is 1. The second-order valence-corrected chi connectivity index (χ2v) is 7.46. The van der Waals surface area contributed by atoms with Crippen molar-refractivity contribution >= 4 is 28.6 Å². The van der Waals surface area contributed by atoms with Crippen LogP contribution in [0, 0.1) is 0 Å². The van der Waals surface area contributed by atoms with E-state index in [1.165, 1.54) is 0 Å². The van der Waals surface area contributed by atoms with Crippen molar-refractivity contribution in [2.75, 3.05) is 7.11 Å². The van der Waals surface area contributed by atoms with Gasteiger partial charge in [0.2, 0.25) is 0 Å². The average Bonchev–Trinajstić information content (AvgIpc) is 2.82. The number of hydrogen-bond acceptors (Lipinski definition) is 4. The Bertz CT molecular complexity index is 1190. The highest BCUT2D eigenvalue weighted by atomic mass is 35.5. The molecule has 0 saturated carbocycles. The number of rotatable bonds is 8. The molecule has 0 spiro atoms. The molecule has 4 aromatic rings. The Kier molecular flexibility index (Phi) is 6.70. The standard InChI is InChI=1S/C26H23ClN2O2/c1-30-25-9-5-3-7-21(25)16-28-29-17-24-23-8-4-2-6-20(23)12-15-26(24)31-18-19-10-13-22(27)14-11-19/h2-15,17,28H,16,18H2,1H3/b29-17-. The van der Waals surface area contributed by atoms with Gasteiger partial charge in [0.15, 0.2) is 0 Å². The van der Waals surface area contributed by atoms with Crippen LogP contribution in [0.1, 0.15) is 16.7 Å². The van der Waals surface area contributed by atoms with Gasteiger partial charge in [0.25, 0.3) is 0 Å². The van der Waals surface area contributed by atoms with Gasteiger partial charge in [-0.25, -0.2) is 0 Å². The van der Waals surface area contributed by atoms with Crippen molar-refractivity contribution in [3.63, 3.8) is 0 Å². The summed E-state index contributed by atoms with van der Waals surface area (Å²) < 4.78 is 11.5. The molecule has 4 nitrogen and oxygen atoms in total. The first-order chi connectivity index (χ1) is 15.2. The Morgan fingerprint density at radius 3 is 2.48 bits per heavy atom. The maximum absolute atomic E-state index is 6.14. The third kappa shape index (κ3) is 5.16. The van der Waals surface area contributed by atoms with Gasteiger partial charge in [-0.15, -0.1) is 0 Å². The second kappa shape index (κ2) is 10.0. The summed E-state index contributed by atoms with van der Waals surface area (Å²) in [4.78, 5) is 0. The molecule has 0 aliphatic heterocycles. The van der Waals surface area contributed by atoms with Crippen molar-refractivity contribution in [2.24, 2.45) is 5.10 Å². The van der Waals surface area contributed by atoms with Gasteiger partial charge < -0.3 is 14.9 Å². The van der Waals surface area contributed by atoms with Crippen LogP contribution in [0.3, 0.4) is 0 Å². The minimum atomic E-state index is 0.449. The summed E-state index contributed by atoms with van der Waals surface area (Å²) in [5, 5.41) is 7.39. The lowest BCUT2D eigenvalue weighted by molar-refractivity contribution is 0.306. The number of halogens is 1. The van der Waals surface area contributed by atoms with Crippen molar-refractivity contribution < 1.29 is 9.47 Å². The van der Waals surface area contributed by atoms with E-state index in [1.54, 1.807) is 7.11 Å². The van der Waals surface area contributed by atoms with Crippen LogP contribution in [0.25, 0.3) is 10.8 Å². The van der Waals surface area contributed by atoms with Gasteiger partial charge >= 0.3 is 0 Å². The molecule has 0 heterocycles. The van der Waals surface area contributed by atoms with E-state index < -0.39 is 0 Å². The summed E-state index contributed by atoms with van der Waals surface area (Å²) >= 11 is 5.98. The van der Waals surface area contributed by atoms with Gasteiger partial charge in [-0.2, -0.15) is 5.10 Å². The largest absolute Gasteiger partial charge is 0.496 e. The third-order valence-electron chi connectivity index (χ3n) is 4.99. The summed E-state index contributed by atoms with van der Waals surface area (Å²) in [6.07, 6.45) is 1.81. The third-order valence-corrected chi connectivity index (χ3v) is 5.24. The molecule has 0 aliphatic rings. The number of methoxy groups -OCH3 is 1. The number of benzene rings is 4. The Labute approximate surface area is 187 Å². The SMILES string of the molecule is COc1ccccc1CN/N=C\c1c(OCc2ccc(Cl)cc2)ccc2ccccc12. The Morgan fingerprint density at radius 1 is 0.871 bits per heavy atom. The second-order valence-electron chi connectivity index (χ2n) is 7.02. The summed E-state index contributed by atoms with van der Waals surface area (Å²) in [6, 6.07) is 27.8. The molecule has 0 aromatic heterocycles. The first kappa shape index (κ1) is 20.8. The van der Waals surface area contributed by atoms with E-state index in [2.05, 4.69) is 28.7 Å². The molecule has 4 rings (SSSR count). The molecule has 0 amide bonds. The molecule has 0 unspecified atom stereocenters. The molecule has 5 heteroatoms. The van der Waals surface area contributed by atoms with Crippen LogP contribution in [0.15, 0.2) is 90.0 Å². The monoisotopic (exact) mass is 430 g/mol. The molecule has 0 atom stereocenters. The van der Waals surface area contributed by atoms with E-state index in [1.807, 2.05) is 72.9 Å². The number of hydrazone groups is 1. The lowest BCUT2D eigenvalue weighted by atomic mass is 10.0. The molecular formula is C26H23ClN2O2. The number of hydrogen-bond donors (Lipinski definition) is 1. The summed E-state index contributed by atoms with van der Waals surface area (Å²) in [6.45, 7) is 1.01. The predicted octanol–water partition coefficient (Wildman–Crippen LogP) is 6.20. The molecule has 0 bridgehead atoms. The lowest BCUT2D eigenvalue weighted by Crippen LogP contribution is -2.07. The quantitative estimate of drug-likeness (QED) is 0.267. The summed E-state index contributed by atoms with van der Waals surface area (Å²) in [5.74, 6) is 1.61. The smallest absolute Gasteiger partial charge is 0.129 e. The fourth-order valence-corrected chi connectivity index (χ4v) is 3.49. The lowest BCUT2D eigenvalue weighted by Gasteiger charge is -2.12. The van der Waals surface area contributed by atoms with Crippen molar-refractivity contribution in [2.45, 2.75) is 13.2 Å². The van der Waals surface area contributed by atoms with Crippen LogP contribution >= 0.6 is 11.6 Å². The molecule has 156 valence electrons. The first-order valence-corrected chi connectivity index (χ1v) is 10.4. The summed E-state index contributed by atoms with van der Waals surface area (Å²) in [7, 11) is 1.67.